The van der Waals surface area contributed by atoms with Crippen LogP contribution in [0.25, 0.3) is 0 Å². The highest BCUT2D eigenvalue weighted by Crippen LogP contribution is 2.45. The average molecular weight is 392 g/mol. The lowest BCUT2D eigenvalue weighted by atomic mass is 9.89. The van der Waals surface area contributed by atoms with Crippen LogP contribution < -0.4 is 10.2 Å². The molecule has 0 radical (unpaired) electrons. The highest BCUT2D eigenvalue weighted by Gasteiger charge is 2.43. The number of anilines is 1. The Morgan fingerprint density at radius 2 is 1.93 bits per heavy atom. The third-order valence-corrected chi connectivity index (χ3v) is 6.11. The first-order valence-corrected chi connectivity index (χ1v) is 10.5. The van der Waals surface area contributed by atoms with Gasteiger partial charge < -0.3 is 15.1 Å². The number of nitrogens with one attached hydrogen (secondary N) is 1. The van der Waals surface area contributed by atoms with Gasteiger partial charge in [-0.2, -0.15) is 0 Å². The molecule has 1 fully saturated rings. The maximum Gasteiger partial charge on any atom is 0.251 e. The number of carbonyl (C=O) groups is 2. The Morgan fingerprint density at radius 1 is 1.14 bits per heavy atom. The first kappa shape index (κ1) is 19.6. The quantitative estimate of drug-likeness (QED) is 0.796. The van der Waals surface area contributed by atoms with E-state index < -0.39 is 0 Å². The number of likely N-dealkylation sites (tertiary alicyclic amines) is 1. The molecule has 0 aliphatic carbocycles. The molecule has 1 saturated heterocycles. The maximum atomic E-state index is 13.1. The normalized spacial score (nSPS) is 20.8. The summed E-state index contributed by atoms with van der Waals surface area (Å²) in [7, 11) is 2.16. The van der Waals surface area contributed by atoms with E-state index in [2.05, 4.69) is 42.4 Å². The van der Waals surface area contributed by atoms with Crippen molar-refractivity contribution in [3.05, 3.63) is 65.2 Å². The third kappa shape index (κ3) is 4.06. The smallest absolute Gasteiger partial charge is 0.251 e. The van der Waals surface area contributed by atoms with Crippen LogP contribution in [0.15, 0.2) is 48.5 Å². The van der Waals surface area contributed by atoms with E-state index in [-0.39, 0.29) is 17.9 Å². The molecule has 2 aromatic carbocycles. The molecule has 0 saturated carbocycles. The number of amides is 2. The molecule has 0 bridgehead atoms. The first-order chi connectivity index (χ1) is 14.0. The number of rotatable bonds is 5. The lowest BCUT2D eigenvalue weighted by Gasteiger charge is -2.36. The van der Waals surface area contributed by atoms with Gasteiger partial charge in [-0.3, -0.25) is 9.59 Å². The van der Waals surface area contributed by atoms with E-state index in [0.717, 1.165) is 25.2 Å². The number of hydrogen-bond acceptors (Lipinski definition) is 3. The summed E-state index contributed by atoms with van der Waals surface area (Å²) in [5.74, 6) is 0.474. The van der Waals surface area contributed by atoms with Gasteiger partial charge in [-0.25, -0.2) is 0 Å². The van der Waals surface area contributed by atoms with E-state index in [1.165, 1.54) is 11.1 Å². The van der Waals surface area contributed by atoms with Gasteiger partial charge in [-0.1, -0.05) is 35.9 Å². The standard InChI is InChI=1S/C24H29N3O2/c1-17-10-11-21-19(15-17)20-16-26(2)14-12-22(20)27(21)23(28)9-6-13-25-24(29)18-7-4-3-5-8-18/h3-5,7-8,10-11,15,20,22H,6,9,12-14,16H2,1-2H3,(H,25,29). The molecule has 2 aliphatic rings. The number of fused-ring (bicyclic) bond motifs is 3. The Bertz CT molecular complexity index is 896. The van der Waals surface area contributed by atoms with Crippen molar-refractivity contribution in [1.29, 1.82) is 0 Å². The highest BCUT2D eigenvalue weighted by molar-refractivity contribution is 5.97. The van der Waals surface area contributed by atoms with Gasteiger partial charge in [0, 0.05) is 42.7 Å². The minimum Gasteiger partial charge on any atom is -0.352 e. The molecule has 0 aromatic heterocycles. The highest BCUT2D eigenvalue weighted by atomic mass is 16.2. The topological polar surface area (TPSA) is 52.6 Å². The predicted molar refractivity (Wildman–Crippen MR) is 115 cm³/mol. The van der Waals surface area contributed by atoms with Crippen LogP contribution in [-0.2, 0) is 4.79 Å². The fraction of sp³-hybridized carbons (Fsp3) is 0.417. The summed E-state index contributed by atoms with van der Waals surface area (Å²) in [6.45, 7) is 4.63. The molecule has 0 spiro atoms. The van der Waals surface area contributed by atoms with Gasteiger partial charge in [0.15, 0.2) is 0 Å². The molecule has 2 atom stereocenters. The second-order valence-corrected chi connectivity index (χ2v) is 8.28. The molecule has 4 rings (SSSR count). The zero-order valence-electron chi connectivity index (χ0n) is 17.2. The summed E-state index contributed by atoms with van der Waals surface area (Å²) < 4.78 is 0. The van der Waals surface area contributed by atoms with Crippen LogP contribution in [0, 0.1) is 6.92 Å². The lowest BCUT2D eigenvalue weighted by molar-refractivity contribution is -0.119. The van der Waals surface area contributed by atoms with Crippen LogP contribution >= 0.6 is 0 Å². The first-order valence-electron chi connectivity index (χ1n) is 10.5. The SMILES string of the molecule is Cc1ccc2c(c1)C1CN(C)CCC1N2C(=O)CCCNC(=O)c1ccccc1. The van der Waals surface area contributed by atoms with Gasteiger partial charge in [-0.05, 0) is 57.1 Å². The monoisotopic (exact) mass is 391 g/mol. The van der Waals surface area contributed by atoms with Crippen molar-refractivity contribution < 1.29 is 9.59 Å². The fourth-order valence-electron chi connectivity index (χ4n) is 4.66. The molecule has 2 aliphatic heterocycles. The number of aryl methyl sites for hydroxylation is 1. The van der Waals surface area contributed by atoms with E-state index in [9.17, 15) is 9.59 Å². The van der Waals surface area contributed by atoms with E-state index in [1.54, 1.807) is 12.1 Å². The minimum absolute atomic E-state index is 0.0876. The molecule has 2 heterocycles. The Kier molecular flexibility index (Phi) is 5.67. The van der Waals surface area contributed by atoms with Crippen LogP contribution in [-0.4, -0.2) is 49.4 Å². The summed E-state index contributed by atoms with van der Waals surface area (Å²) in [4.78, 5) is 29.7. The van der Waals surface area contributed by atoms with Gasteiger partial charge in [0.25, 0.3) is 5.91 Å². The van der Waals surface area contributed by atoms with Gasteiger partial charge in [0.05, 0.1) is 0 Å². The van der Waals surface area contributed by atoms with Crippen molar-refractivity contribution in [3.8, 4) is 0 Å². The average Bonchev–Trinajstić information content (AvgIpc) is 3.04. The maximum absolute atomic E-state index is 13.1. The zero-order chi connectivity index (χ0) is 20.4. The van der Waals surface area contributed by atoms with Crippen molar-refractivity contribution >= 4 is 17.5 Å². The number of hydrogen-bond donors (Lipinski definition) is 1. The van der Waals surface area contributed by atoms with E-state index >= 15 is 0 Å². The molecular formula is C24H29N3O2. The second kappa shape index (κ2) is 8.37. The van der Waals surface area contributed by atoms with Crippen LogP contribution in [0.3, 0.4) is 0 Å². The molecule has 5 nitrogen and oxygen atoms in total. The minimum atomic E-state index is -0.0876. The Hall–Kier alpha value is -2.66. The molecule has 29 heavy (non-hydrogen) atoms. The molecule has 5 heteroatoms. The Balaban J connectivity index is 1.39. The largest absolute Gasteiger partial charge is 0.352 e. The molecule has 1 N–H and O–H groups in total. The summed E-state index contributed by atoms with van der Waals surface area (Å²) in [5.41, 5.74) is 4.29. The van der Waals surface area contributed by atoms with Crippen LogP contribution in [0.2, 0.25) is 0 Å². The summed E-state index contributed by atoms with van der Waals surface area (Å²) in [5, 5.41) is 2.92. The predicted octanol–water partition coefficient (Wildman–Crippen LogP) is 3.34. The van der Waals surface area contributed by atoms with Crippen molar-refractivity contribution in [2.45, 2.75) is 38.1 Å². The van der Waals surface area contributed by atoms with Crippen molar-refractivity contribution in [1.82, 2.24) is 10.2 Å². The number of piperidine rings is 1. The summed E-state index contributed by atoms with van der Waals surface area (Å²) >= 11 is 0. The third-order valence-electron chi connectivity index (χ3n) is 6.11. The van der Waals surface area contributed by atoms with Gasteiger partial charge in [0.2, 0.25) is 5.91 Å². The summed E-state index contributed by atoms with van der Waals surface area (Å²) in [6.07, 6.45) is 2.10. The molecule has 2 aromatic rings. The van der Waals surface area contributed by atoms with Crippen molar-refractivity contribution in [2.24, 2.45) is 0 Å². The number of benzene rings is 2. The molecule has 152 valence electrons. The van der Waals surface area contributed by atoms with E-state index in [4.69, 9.17) is 0 Å². The van der Waals surface area contributed by atoms with Gasteiger partial charge in [0.1, 0.15) is 0 Å². The summed E-state index contributed by atoms with van der Waals surface area (Å²) in [6, 6.07) is 15.9. The lowest BCUT2D eigenvalue weighted by Crippen LogP contribution is -2.47. The van der Waals surface area contributed by atoms with Crippen LogP contribution in [0.1, 0.15) is 46.7 Å². The van der Waals surface area contributed by atoms with Crippen molar-refractivity contribution in [2.75, 3.05) is 31.6 Å². The van der Waals surface area contributed by atoms with Crippen LogP contribution in [0.4, 0.5) is 5.69 Å². The molecular weight excluding hydrogens is 362 g/mol. The second-order valence-electron chi connectivity index (χ2n) is 8.28. The molecule has 2 unspecified atom stereocenters. The van der Waals surface area contributed by atoms with Gasteiger partial charge >= 0.3 is 0 Å². The molecule has 2 amide bonds. The fourth-order valence-corrected chi connectivity index (χ4v) is 4.66. The number of carbonyl (C=O) groups excluding carboxylic acids is 2. The van der Waals surface area contributed by atoms with E-state index in [1.807, 2.05) is 23.1 Å². The van der Waals surface area contributed by atoms with Crippen LogP contribution in [0.5, 0.6) is 0 Å². The Morgan fingerprint density at radius 3 is 2.72 bits per heavy atom. The Labute approximate surface area is 172 Å². The number of nitrogens with zero attached hydrogens (tertiary/aromatic N) is 2. The van der Waals surface area contributed by atoms with Crippen molar-refractivity contribution in [3.63, 3.8) is 0 Å². The van der Waals surface area contributed by atoms with Gasteiger partial charge in [-0.15, -0.1) is 0 Å². The zero-order valence-corrected chi connectivity index (χ0v) is 17.2. The number of likely N-dealkylation sites (N-methyl/N-ethyl adjacent to an activating group) is 1. The van der Waals surface area contributed by atoms with E-state index in [0.29, 0.717) is 30.9 Å².